The molecule has 1 aromatic rings. The van der Waals surface area contributed by atoms with E-state index in [9.17, 15) is 0 Å². The lowest BCUT2D eigenvalue weighted by Crippen LogP contribution is -2.21. The van der Waals surface area contributed by atoms with E-state index >= 15 is 0 Å². The molecule has 0 amide bonds. The van der Waals surface area contributed by atoms with Crippen molar-refractivity contribution in [1.82, 2.24) is 4.90 Å². The number of anilines is 1. The number of nitrogens with zero attached hydrogens (tertiary/aromatic N) is 1. The van der Waals surface area contributed by atoms with Crippen LogP contribution in [0.4, 0.5) is 5.69 Å². The van der Waals surface area contributed by atoms with Crippen LogP contribution in [0.15, 0.2) is 36.9 Å². The summed E-state index contributed by atoms with van der Waals surface area (Å²) in [4.78, 5) is 2.39. The van der Waals surface area contributed by atoms with Gasteiger partial charge in [0.05, 0.1) is 0 Å². The summed E-state index contributed by atoms with van der Waals surface area (Å²) in [6.07, 6.45) is 6.65. The molecule has 0 fully saturated rings. The summed E-state index contributed by atoms with van der Waals surface area (Å²) >= 11 is 0. The van der Waals surface area contributed by atoms with Crippen LogP contribution in [-0.4, -0.2) is 25.0 Å². The van der Waals surface area contributed by atoms with Gasteiger partial charge in [-0.2, -0.15) is 0 Å². The van der Waals surface area contributed by atoms with Gasteiger partial charge < -0.3 is 10.6 Å². The molecule has 2 heteroatoms. The highest BCUT2D eigenvalue weighted by Crippen LogP contribution is 2.08. The quantitative estimate of drug-likeness (QED) is 0.424. The van der Waals surface area contributed by atoms with E-state index in [0.717, 1.165) is 31.6 Å². The van der Waals surface area contributed by atoms with Crippen molar-refractivity contribution in [2.75, 3.05) is 25.9 Å². The zero-order chi connectivity index (χ0) is 12.5. The summed E-state index contributed by atoms with van der Waals surface area (Å²) in [5.74, 6) is 0. The topological polar surface area (TPSA) is 29.3 Å². The van der Waals surface area contributed by atoms with Crippen molar-refractivity contribution in [1.29, 1.82) is 0 Å². The van der Waals surface area contributed by atoms with Gasteiger partial charge in [-0.25, -0.2) is 0 Å². The van der Waals surface area contributed by atoms with Gasteiger partial charge in [-0.1, -0.05) is 18.2 Å². The zero-order valence-corrected chi connectivity index (χ0v) is 10.9. The number of rotatable bonds is 8. The lowest BCUT2D eigenvalue weighted by atomic mass is 10.1. The van der Waals surface area contributed by atoms with E-state index in [1.165, 1.54) is 18.4 Å². The summed E-state index contributed by atoms with van der Waals surface area (Å²) < 4.78 is 0. The second-order valence-electron chi connectivity index (χ2n) is 4.58. The van der Waals surface area contributed by atoms with Gasteiger partial charge >= 0.3 is 0 Å². The van der Waals surface area contributed by atoms with Crippen LogP contribution < -0.4 is 5.73 Å². The Morgan fingerprint density at radius 1 is 1.18 bits per heavy atom. The molecule has 0 heterocycles. The molecule has 0 aliphatic carbocycles. The van der Waals surface area contributed by atoms with Crippen LogP contribution in [0, 0.1) is 0 Å². The molecule has 0 spiro atoms. The van der Waals surface area contributed by atoms with Gasteiger partial charge in [0.15, 0.2) is 0 Å². The predicted octanol–water partition coefficient (Wildman–Crippen LogP) is 3.10. The van der Waals surface area contributed by atoms with Crippen molar-refractivity contribution in [2.24, 2.45) is 0 Å². The molecular weight excluding hydrogens is 208 g/mol. The summed E-state index contributed by atoms with van der Waals surface area (Å²) in [5, 5.41) is 0. The first kappa shape index (κ1) is 13.8. The average molecular weight is 232 g/mol. The van der Waals surface area contributed by atoms with E-state index in [2.05, 4.69) is 30.7 Å². The SMILES string of the molecule is C=CCCCN(C)CCCc1ccc(N)cc1. The fourth-order valence-electron chi connectivity index (χ4n) is 1.85. The monoisotopic (exact) mass is 232 g/mol. The molecule has 0 unspecified atom stereocenters. The standard InChI is InChI=1S/C15H24N2/c1-3-4-5-12-17(2)13-6-7-14-8-10-15(16)11-9-14/h3,8-11H,1,4-7,12-13,16H2,2H3. The number of allylic oxidation sites excluding steroid dienone is 1. The fourth-order valence-corrected chi connectivity index (χ4v) is 1.85. The third-order valence-electron chi connectivity index (χ3n) is 2.93. The molecule has 0 bridgehead atoms. The molecule has 0 aliphatic rings. The third kappa shape index (κ3) is 6.12. The van der Waals surface area contributed by atoms with Crippen molar-refractivity contribution < 1.29 is 0 Å². The Labute approximate surface area is 105 Å². The largest absolute Gasteiger partial charge is 0.399 e. The minimum absolute atomic E-state index is 0.843. The first-order valence-electron chi connectivity index (χ1n) is 6.36. The highest BCUT2D eigenvalue weighted by molar-refractivity contribution is 5.39. The maximum atomic E-state index is 5.66. The number of nitrogen functional groups attached to an aromatic ring is 1. The number of nitrogens with two attached hydrogens (primary N) is 1. The average Bonchev–Trinajstić information content (AvgIpc) is 2.32. The molecule has 0 aliphatic heterocycles. The van der Waals surface area contributed by atoms with Gasteiger partial charge in [0.25, 0.3) is 0 Å². The van der Waals surface area contributed by atoms with Gasteiger partial charge in [0.2, 0.25) is 0 Å². The van der Waals surface area contributed by atoms with Gasteiger partial charge in [-0.15, -0.1) is 6.58 Å². The molecule has 0 saturated heterocycles. The fraction of sp³-hybridized carbons (Fsp3) is 0.467. The lowest BCUT2D eigenvalue weighted by Gasteiger charge is -2.15. The maximum Gasteiger partial charge on any atom is 0.0314 e. The van der Waals surface area contributed by atoms with Crippen molar-refractivity contribution in [3.05, 3.63) is 42.5 Å². The Morgan fingerprint density at radius 2 is 1.82 bits per heavy atom. The highest BCUT2D eigenvalue weighted by Gasteiger charge is 1.98. The van der Waals surface area contributed by atoms with Crippen molar-refractivity contribution >= 4 is 5.69 Å². The Balaban J connectivity index is 2.14. The Kier molecular flexibility index (Phi) is 6.41. The predicted molar refractivity (Wildman–Crippen MR) is 76.1 cm³/mol. The molecule has 0 aromatic heterocycles. The smallest absolute Gasteiger partial charge is 0.0314 e. The van der Waals surface area contributed by atoms with E-state index in [1.807, 2.05) is 18.2 Å². The molecule has 94 valence electrons. The van der Waals surface area contributed by atoms with Gasteiger partial charge in [0, 0.05) is 5.69 Å². The van der Waals surface area contributed by atoms with Gasteiger partial charge in [-0.05, 0) is 63.5 Å². The number of hydrogen-bond acceptors (Lipinski definition) is 2. The number of benzene rings is 1. The van der Waals surface area contributed by atoms with Crippen molar-refractivity contribution in [2.45, 2.75) is 25.7 Å². The van der Waals surface area contributed by atoms with Crippen LogP contribution in [0.2, 0.25) is 0 Å². The van der Waals surface area contributed by atoms with Crippen LogP contribution in [0.5, 0.6) is 0 Å². The summed E-state index contributed by atoms with van der Waals surface area (Å²) in [7, 11) is 2.19. The minimum Gasteiger partial charge on any atom is -0.399 e. The number of aryl methyl sites for hydroxylation is 1. The maximum absolute atomic E-state index is 5.66. The Hall–Kier alpha value is -1.28. The molecule has 2 N–H and O–H groups in total. The Morgan fingerprint density at radius 3 is 2.47 bits per heavy atom. The van der Waals surface area contributed by atoms with Crippen LogP contribution in [0.3, 0.4) is 0 Å². The highest BCUT2D eigenvalue weighted by atomic mass is 15.1. The Bertz CT molecular complexity index is 316. The van der Waals surface area contributed by atoms with Gasteiger partial charge in [0.1, 0.15) is 0 Å². The van der Waals surface area contributed by atoms with Crippen molar-refractivity contribution in [3.8, 4) is 0 Å². The molecule has 0 radical (unpaired) electrons. The van der Waals surface area contributed by atoms with E-state index in [-0.39, 0.29) is 0 Å². The molecule has 0 saturated carbocycles. The van der Waals surface area contributed by atoms with E-state index in [4.69, 9.17) is 5.73 Å². The first-order valence-corrected chi connectivity index (χ1v) is 6.36. The molecule has 17 heavy (non-hydrogen) atoms. The molecule has 0 atom stereocenters. The second-order valence-corrected chi connectivity index (χ2v) is 4.58. The second kappa shape index (κ2) is 7.91. The van der Waals surface area contributed by atoms with Crippen LogP contribution in [-0.2, 0) is 6.42 Å². The van der Waals surface area contributed by atoms with E-state index in [0.29, 0.717) is 0 Å². The summed E-state index contributed by atoms with van der Waals surface area (Å²) in [6, 6.07) is 8.19. The summed E-state index contributed by atoms with van der Waals surface area (Å²) in [5.41, 5.74) is 7.87. The normalized spacial score (nSPS) is 10.7. The zero-order valence-electron chi connectivity index (χ0n) is 10.9. The number of hydrogen-bond donors (Lipinski definition) is 1. The van der Waals surface area contributed by atoms with Crippen molar-refractivity contribution in [3.63, 3.8) is 0 Å². The molecule has 1 aromatic carbocycles. The number of unbranched alkanes of at least 4 members (excludes halogenated alkanes) is 1. The molecular formula is C15H24N2. The first-order chi connectivity index (χ1) is 8.22. The van der Waals surface area contributed by atoms with Crippen LogP contribution >= 0.6 is 0 Å². The lowest BCUT2D eigenvalue weighted by molar-refractivity contribution is 0.326. The minimum atomic E-state index is 0.843. The summed E-state index contributed by atoms with van der Waals surface area (Å²) in [6.45, 7) is 6.05. The van der Waals surface area contributed by atoms with E-state index in [1.54, 1.807) is 0 Å². The molecule has 2 nitrogen and oxygen atoms in total. The van der Waals surface area contributed by atoms with Gasteiger partial charge in [-0.3, -0.25) is 0 Å². The van der Waals surface area contributed by atoms with Crippen LogP contribution in [0.25, 0.3) is 0 Å². The van der Waals surface area contributed by atoms with Crippen LogP contribution in [0.1, 0.15) is 24.8 Å². The van der Waals surface area contributed by atoms with E-state index < -0.39 is 0 Å². The third-order valence-corrected chi connectivity index (χ3v) is 2.93. The molecule has 1 rings (SSSR count).